The highest BCUT2D eigenvalue weighted by Crippen LogP contribution is 2.46. The maximum absolute atomic E-state index is 15.4. The van der Waals surface area contributed by atoms with Crippen molar-refractivity contribution in [1.29, 1.82) is 0 Å². The number of aryl methyl sites for hydroxylation is 1. The molecule has 5 heterocycles. The summed E-state index contributed by atoms with van der Waals surface area (Å²) in [4.78, 5) is 96.7. The van der Waals surface area contributed by atoms with Crippen molar-refractivity contribution in [3.63, 3.8) is 0 Å². The summed E-state index contributed by atoms with van der Waals surface area (Å²) in [5.74, 6) is 2.43. The van der Waals surface area contributed by atoms with E-state index >= 15 is 4.39 Å². The monoisotopic (exact) mass is 1140 g/mol. The normalized spacial score (nSPS) is 23.3. The molecule has 0 bridgehead atoms. The van der Waals surface area contributed by atoms with Gasteiger partial charge < -0.3 is 79.8 Å². The van der Waals surface area contributed by atoms with Crippen molar-refractivity contribution in [3.8, 4) is 29.0 Å². The molecule has 4 aromatic rings. The van der Waals surface area contributed by atoms with Crippen LogP contribution in [0.25, 0.3) is 22.3 Å². The van der Waals surface area contributed by atoms with Crippen molar-refractivity contribution in [2.24, 2.45) is 0 Å². The summed E-state index contributed by atoms with van der Waals surface area (Å²) in [6.45, 7) is 0.473. The van der Waals surface area contributed by atoms with Crippen molar-refractivity contribution in [1.82, 2.24) is 30.8 Å². The summed E-state index contributed by atoms with van der Waals surface area (Å²) in [5, 5.41) is 63.6. The molecule has 9 N–H and O–H groups in total. The number of aliphatic hydroxyl groups is 5. The number of cyclic esters (lactones) is 1. The molecule has 24 nitrogen and oxygen atoms in total. The number of alkyl carbamates (subject to hydrolysis) is 1. The van der Waals surface area contributed by atoms with Gasteiger partial charge in [0.2, 0.25) is 18.1 Å². The minimum atomic E-state index is -2.06. The number of halogens is 1. The zero-order valence-electron chi connectivity index (χ0n) is 45.2. The maximum atomic E-state index is 15.4. The Morgan fingerprint density at radius 2 is 1.74 bits per heavy atom. The van der Waals surface area contributed by atoms with Crippen LogP contribution >= 0.6 is 0 Å². The molecule has 5 aliphatic rings. The minimum absolute atomic E-state index is 0.00973. The number of ether oxygens (including phenoxy) is 6. The largest absolute Gasteiger partial charge is 0.461 e. The van der Waals surface area contributed by atoms with Crippen LogP contribution in [-0.4, -0.2) is 154 Å². The van der Waals surface area contributed by atoms with E-state index in [1.54, 1.807) is 19.9 Å². The zero-order chi connectivity index (χ0) is 58.4. The number of aromatic nitrogens is 2. The second-order valence-corrected chi connectivity index (χ2v) is 20.7. The quantitative estimate of drug-likeness (QED) is 0.0280. The third kappa shape index (κ3) is 12.6. The van der Waals surface area contributed by atoms with Crippen LogP contribution in [0.1, 0.15) is 114 Å². The molecule has 2 aromatic carbocycles. The fraction of sp³-hybridized carbons (Fsp3) is 0.509. The summed E-state index contributed by atoms with van der Waals surface area (Å²) < 4.78 is 49.9. The highest BCUT2D eigenvalue weighted by atomic mass is 19.1. The van der Waals surface area contributed by atoms with E-state index < -0.39 is 116 Å². The molecule has 0 saturated carbocycles. The molecule has 9 rings (SSSR count). The van der Waals surface area contributed by atoms with E-state index in [2.05, 4.69) is 33.1 Å². The number of carbonyl (C=O) groups is 6. The molecule has 1 saturated heterocycles. The van der Waals surface area contributed by atoms with Crippen molar-refractivity contribution in [2.45, 2.75) is 140 Å². The summed E-state index contributed by atoms with van der Waals surface area (Å²) >= 11 is 0. The maximum Gasteiger partial charge on any atom is 0.407 e. The number of hydrogen-bond donors (Lipinski definition) is 9. The average molecular weight is 1140 g/mol. The smallest absolute Gasteiger partial charge is 0.407 e. The molecule has 2 unspecified atom stereocenters. The zero-order valence-corrected chi connectivity index (χ0v) is 45.2. The van der Waals surface area contributed by atoms with Crippen LogP contribution in [0, 0.1) is 24.6 Å². The van der Waals surface area contributed by atoms with Gasteiger partial charge in [0.15, 0.2) is 11.4 Å². The molecule has 0 spiro atoms. The first-order valence-electron chi connectivity index (χ1n) is 27.3. The number of esters is 1. The number of hydrogen-bond acceptors (Lipinski definition) is 19. The van der Waals surface area contributed by atoms with E-state index in [9.17, 15) is 59.1 Å². The van der Waals surface area contributed by atoms with Gasteiger partial charge in [-0.3, -0.25) is 24.0 Å². The molecule has 1 fully saturated rings. The van der Waals surface area contributed by atoms with Crippen molar-refractivity contribution in [2.75, 3.05) is 46.1 Å². The lowest BCUT2D eigenvalue weighted by atomic mass is 9.81. The number of amides is 4. The van der Waals surface area contributed by atoms with Crippen LogP contribution < -0.4 is 31.6 Å². The van der Waals surface area contributed by atoms with Crippen LogP contribution in [-0.2, 0) is 74.6 Å². The Balaban J connectivity index is 0.768. The number of Topliss-reactive ketones (excluding diaryl/α,β-unsaturated/α-hetero) is 1. The molecule has 0 radical (unpaired) electrons. The number of fused-ring (bicyclic) bond motifs is 5. The number of nitrogens with one attached hydrogen (secondary N) is 4. The highest BCUT2D eigenvalue weighted by Gasteiger charge is 2.47. The second-order valence-electron chi connectivity index (χ2n) is 20.7. The van der Waals surface area contributed by atoms with Crippen molar-refractivity contribution < 1.29 is 87.1 Å². The van der Waals surface area contributed by atoms with Gasteiger partial charge in [-0.15, -0.1) is 5.92 Å². The lowest BCUT2D eigenvalue weighted by molar-refractivity contribution is -0.277. The Kier molecular flexibility index (Phi) is 18.6. The van der Waals surface area contributed by atoms with E-state index in [0.29, 0.717) is 51.8 Å². The lowest BCUT2D eigenvalue weighted by Gasteiger charge is -2.39. The molecular formula is C57H65FN6O18. The number of pyridine rings is 2. The topological polar surface area (TPSA) is 342 Å². The minimum Gasteiger partial charge on any atom is -0.461 e. The molecule has 438 valence electrons. The van der Waals surface area contributed by atoms with E-state index in [0.717, 1.165) is 37.7 Å². The Morgan fingerprint density at radius 3 is 2.54 bits per heavy atom. The first-order valence-corrected chi connectivity index (χ1v) is 27.3. The van der Waals surface area contributed by atoms with Crippen LogP contribution in [0.4, 0.5) is 9.18 Å². The number of rotatable bonds is 21. The van der Waals surface area contributed by atoms with Gasteiger partial charge in [-0.1, -0.05) is 25.3 Å². The number of aliphatic hydroxyl groups excluding tert-OH is 4. The van der Waals surface area contributed by atoms with Crippen LogP contribution in [0.3, 0.4) is 0 Å². The number of nitrogens with zero attached hydrogens (tertiary/aromatic N) is 2. The van der Waals surface area contributed by atoms with Gasteiger partial charge in [0.1, 0.15) is 68.5 Å². The van der Waals surface area contributed by atoms with Gasteiger partial charge in [-0.25, -0.2) is 19.0 Å². The van der Waals surface area contributed by atoms with Gasteiger partial charge in [-0.05, 0) is 85.9 Å². The van der Waals surface area contributed by atoms with E-state index in [-0.39, 0.29) is 86.4 Å². The van der Waals surface area contributed by atoms with Gasteiger partial charge in [0, 0.05) is 48.5 Å². The third-order valence-electron chi connectivity index (χ3n) is 15.3. The summed E-state index contributed by atoms with van der Waals surface area (Å²) in [7, 11) is 0. The van der Waals surface area contributed by atoms with E-state index in [1.807, 2.05) is 0 Å². The average Bonchev–Trinajstić information content (AvgIpc) is 1.91. The fourth-order valence-electron chi connectivity index (χ4n) is 10.8. The molecule has 2 aliphatic carbocycles. The predicted molar refractivity (Wildman–Crippen MR) is 284 cm³/mol. The Bertz CT molecular complexity index is 3290. The Labute approximate surface area is 468 Å². The fourth-order valence-corrected chi connectivity index (χ4v) is 10.8. The van der Waals surface area contributed by atoms with Gasteiger partial charge in [-0.2, -0.15) is 0 Å². The van der Waals surface area contributed by atoms with Crippen LogP contribution in [0.2, 0.25) is 0 Å². The predicted octanol–water partition coefficient (Wildman–Crippen LogP) is 0.910. The molecule has 8 atom stereocenters. The van der Waals surface area contributed by atoms with Gasteiger partial charge in [0.25, 0.3) is 11.5 Å². The SMILES string of the molecule is CC[C@@]1(O)C(=O)OCc2c1cc1n(c2=O)Cc2c-1nc1cc(F)c(C)c3c1c2[C@@H](NC(=O)COCCC(=O)CNC(=O)OCc1ccc(O[C@@H]2OC(CO)[C@@H](O)[C@H](O)[C@H]2O)c(C(=O)NCCNC(=O)COC2C#CCCCCC2)c1)CC3. The summed E-state index contributed by atoms with van der Waals surface area (Å²) in [6.07, 6.45) is -4.53. The Morgan fingerprint density at radius 1 is 0.939 bits per heavy atom. The number of carbonyl (C=O) groups excluding carboxylic acids is 6. The van der Waals surface area contributed by atoms with Crippen LogP contribution in [0.5, 0.6) is 5.75 Å². The number of benzene rings is 2. The van der Waals surface area contributed by atoms with E-state index in [4.69, 9.17) is 33.4 Å². The van der Waals surface area contributed by atoms with Crippen molar-refractivity contribution >= 4 is 46.5 Å². The molecule has 4 amide bonds. The van der Waals surface area contributed by atoms with Gasteiger partial charge in [0.05, 0.1) is 60.4 Å². The van der Waals surface area contributed by atoms with Crippen LogP contribution in [0.15, 0.2) is 35.1 Å². The first-order chi connectivity index (χ1) is 39.4. The molecule has 2 aromatic heterocycles. The molecular weight excluding hydrogens is 1080 g/mol. The number of ketones is 1. The van der Waals surface area contributed by atoms with Gasteiger partial charge >= 0.3 is 12.1 Å². The standard InChI is InChI=1S/C57H65FN6O18/c1-3-57(76)37-20-41-48-35(23-64(41)53(73)36(37)26-79-55(57)74)47-39(13-12-33-29(2)38(58)21-40(63-48)46(33)47)62-45(68)27-77-18-15-31(66)22-61-56(75)80-25-30-11-14-42(81-54-51(71)50(70)49(69)43(24-65)82-54)34(19-30)52(72)60-17-16-59-44(67)28-78-32-9-7-5-4-6-8-10-32/h11,14,19-21,32,39,43,49-51,54,65,69-71,76H,3-7,9,12-13,15-18,22-28H2,1-2H3,(H,59,67)(H,60,72)(H,61,75)(H,62,68)/t32?,39-,43?,49+,50-,51+,54+,57-/m0/s1. The second kappa shape index (κ2) is 25.8. The van der Waals surface area contributed by atoms with E-state index in [1.165, 1.54) is 28.8 Å². The van der Waals surface area contributed by atoms with Crippen molar-refractivity contribution in [3.05, 3.63) is 91.0 Å². The Hall–Kier alpha value is -7.41. The lowest BCUT2D eigenvalue weighted by Crippen LogP contribution is -2.60. The highest BCUT2D eigenvalue weighted by molar-refractivity contribution is 5.97. The summed E-state index contributed by atoms with van der Waals surface area (Å²) in [5.41, 5.74) is 1.25. The summed E-state index contributed by atoms with van der Waals surface area (Å²) in [6, 6.07) is 6.28. The molecule has 82 heavy (non-hydrogen) atoms. The first kappa shape index (κ1) is 59.2. The third-order valence-corrected chi connectivity index (χ3v) is 15.3. The molecule has 3 aliphatic heterocycles. The molecule has 25 heteroatoms.